The fourth-order valence-electron chi connectivity index (χ4n) is 4.54. The molecule has 0 aliphatic heterocycles. The number of carbonyl (C=O) groups excluding carboxylic acids is 2. The fourth-order valence-corrected chi connectivity index (χ4v) is 4.54. The molecule has 1 aliphatic carbocycles. The Balaban J connectivity index is 1.75. The van der Waals surface area contributed by atoms with Gasteiger partial charge in [-0.15, -0.1) is 0 Å². The first-order valence-corrected chi connectivity index (χ1v) is 12.6. The van der Waals surface area contributed by atoms with Crippen LogP contribution < -0.4 is 10.1 Å². The second kappa shape index (κ2) is 11.5. The summed E-state index contributed by atoms with van der Waals surface area (Å²) in [6.45, 7) is 10.8. The van der Waals surface area contributed by atoms with E-state index in [4.69, 9.17) is 4.74 Å². The van der Waals surface area contributed by atoms with Gasteiger partial charge in [0.25, 0.3) is 5.91 Å². The van der Waals surface area contributed by atoms with Gasteiger partial charge < -0.3 is 15.0 Å². The molecule has 1 fully saturated rings. The second-order valence-corrected chi connectivity index (χ2v) is 10.4. The molecule has 0 spiro atoms. The molecule has 0 bridgehead atoms. The van der Waals surface area contributed by atoms with Crippen molar-refractivity contribution in [2.24, 2.45) is 0 Å². The molecule has 2 aromatic carbocycles. The van der Waals surface area contributed by atoms with Crippen LogP contribution in [-0.4, -0.2) is 35.4 Å². The largest absolute Gasteiger partial charge is 0.484 e. The molecule has 34 heavy (non-hydrogen) atoms. The summed E-state index contributed by atoms with van der Waals surface area (Å²) in [5, 5.41) is 3.19. The standard InChI is InChI=1S/C29H40N2O3/c1-6-26(28(33)30-24-13-9-10-14-24)31(19-22-12-8-7-11-21(22)2)27(32)20-34-25-17-15-23(16-18-25)29(3,4)5/h7-8,11-12,15-18,24,26H,6,9-10,13-14,19-20H2,1-5H3,(H,30,33)/t26-/m1/s1. The molecule has 5 nitrogen and oxygen atoms in total. The second-order valence-electron chi connectivity index (χ2n) is 10.4. The summed E-state index contributed by atoms with van der Waals surface area (Å²) >= 11 is 0. The van der Waals surface area contributed by atoms with E-state index >= 15 is 0 Å². The van der Waals surface area contributed by atoms with Crippen molar-refractivity contribution >= 4 is 11.8 Å². The highest BCUT2D eigenvalue weighted by Gasteiger charge is 2.31. The number of hydrogen-bond donors (Lipinski definition) is 1. The van der Waals surface area contributed by atoms with Crippen molar-refractivity contribution in [2.75, 3.05) is 6.61 Å². The van der Waals surface area contributed by atoms with E-state index in [1.54, 1.807) is 4.90 Å². The molecule has 0 radical (unpaired) electrons. The molecule has 1 atom stereocenters. The summed E-state index contributed by atoms with van der Waals surface area (Å²) in [7, 11) is 0. The quantitative estimate of drug-likeness (QED) is 0.530. The maximum Gasteiger partial charge on any atom is 0.261 e. The van der Waals surface area contributed by atoms with Crippen molar-refractivity contribution in [1.82, 2.24) is 10.2 Å². The fraction of sp³-hybridized carbons (Fsp3) is 0.517. The van der Waals surface area contributed by atoms with Gasteiger partial charge in [0.15, 0.2) is 6.61 Å². The topological polar surface area (TPSA) is 58.6 Å². The Morgan fingerprint density at radius 1 is 1.06 bits per heavy atom. The van der Waals surface area contributed by atoms with Crippen molar-refractivity contribution < 1.29 is 14.3 Å². The van der Waals surface area contributed by atoms with E-state index in [1.807, 2.05) is 62.4 Å². The van der Waals surface area contributed by atoms with Crippen LogP contribution in [-0.2, 0) is 21.5 Å². The van der Waals surface area contributed by atoms with E-state index in [1.165, 1.54) is 5.56 Å². The molecule has 0 aromatic heterocycles. The SMILES string of the molecule is CC[C@H](C(=O)NC1CCCC1)N(Cc1ccccc1C)C(=O)COc1ccc(C(C)(C)C)cc1. The van der Waals surface area contributed by atoms with Gasteiger partial charge in [-0.05, 0) is 60.4 Å². The number of amides is 2. The molecule has 1 N–H and O–H groups in total. The van der Waals surface area contributed by atoms with E-state index in [9.17, 15) is 9.59 Å². The lowest BCUT2D eigenvalue weighted by molar-refractivity contribution is -0.143. The number of nitrogens with one attached hydrogen (secondary N) is 1. The van der Waals surface area contributed by atoms with Crippen LogP contribution in [0.4, 0.5) is 0 Å². The Kier molecular flexibility index (Phi) is 8.76. The Morgan fingerprint density at radius 2 is 1.71 bits per heavy atom. The number of aryl methyl sites for hydroxylation is 1. The molecule has 2 amide bonds. The van der Waals surface area contributed by atoms with Gasteiger partial charge >= 0.3 is 0 Å². The van der Waals surface area contributed by atoms with Crippen LogP contribution in [0.25, 0.3) is 0 Å². The van der Waals surface area contributed by atoms with Gasteiger partial charge in [0, 0.05) is 12.6 Å². The lowest BCUT2D eigenvalue weighted by Gasteiger charge is -2.32. The summed E-state index contributed by atoms with van der Waals surface area (Å²) in [6, 6.07) is 15.6. The molecule has 2 aromatic rings. The molecule has 3 rings (SSSR count). The van der Waals surface area contributed by atoms with Gasteiger partial charge in [-0.2, -0.15) is 0 Å². The van der Waals surface area contributed by atoms with E-state index in [-0.39, 0.29) is 29.9 Å². The molecule has 1 saturated carbocycles. The summed E-state index contributed by atoms with van der Waals surface area (Å²) in [5.74, 6) is 0.406. The van der Waals surface area contributed by atoms with Crippen molar-refractivity contribution in [2.45, 2.75) is 90.8 Å². The van der Waals surface area contributed by atoms with E-state index in [2.05, 4.69) is 26.1 Å². The van der Waals surface area contributed by atoms with Gasteiger partial charge in [-0.1, -0.05) is 76.9 Å². The van der Waals surface area contributed by atoms with E-state index < -0.39 is 6.04 Å². The highest BCUT2D eigenvalue weighted by molar-refractivity contribution is 5.88. The van der Waals surface area contributed by atoms with Crippen LogP contribution in [0.5, 0.6) is 5.75 Å². The third-order valence-electron chi connectivity index (χ3n) is 6.77. The molecular formula is C29H40N2O3. The lowest BCUT2D eigenvalue weighted by Crippen LogP contribution is -2.52. The molecular weight excluding hydrogens is 424 g/mol. The van der Waals surface area contributed by atoms with Crippen molar-refractivity contribution in [1.29, 1.82) is 0 Å². The smallest absolute Gasteiger partial charge is 0.261 e. The predicted molar refractivity (Wildman–Crippen MR) is 137 cm³/mol. The normalized spacial score (nSPS) is 15.1. The number of rotatable bonds is 9. The maximum atomic E-state index is 13.4. The van der Waals surface area contributed by atoms with Crippen LogP contribution in [0.15, 0.2) is 48.5 Å². The first-order valence-electron chi connectivity index (χ1n) is 12.6. The van der Waals surface area contributed by atoms with Crippen LogP contribution in [0.2, 0.25) is 0 Å². The molecule has 184 valence electrons. The number of nitrogens with zero attached hydrogens (tertiary/aromatic N) is 1. The Hall–Kier alpha value is -2.82. The zero-order valence-electron chi connectivity index (χ0n) is 21.4. The predicted octanol–water partition coefficient (Wildman–Crippen LogP) is 5.54. The number of ether oxygens (including phenoxy) is 1. The number of benzene rings is 2. The molecule has 0 unspecified atom stereocenters. The van der Waals surface area contributed by atoms with E-state index in [0.29, 0.717) is 18.7 Å². The molecule has 0 heterocycles. The molecule has 5 heteroatoms. The molecule has 0 saturated heterocycles. The van der Waals surface area contributed by atoms with Crippen molar-refractivity contribution in [3.8, 4) is 5.75 Å². The average Bonchev–Trinajstić information content (AvgIpc) is 3.31. The summed E-state index contributed by atoms with van der Waals surface area (Å²) in [6.07, 6.45) is 4.88. The Morgan fingerprint density at radius 3 is 2.29 bits per heavy atom. The van der Waals surface area contributed by atoms with E-state index in [0.717, 1.165) is 36.8 Å². The number of hydrogen-bond acceptors (Lipinski definition) is 3. The summed E-state index contributed by atoms with van der Waals surface area (Å²) < 4.78 is 5.87. The number of carbonyl (C=O) groups is 2. The summed E-state index contributed by atoms with van der Waals surface area (Å²) in [4.78, 5) is 28.3. The van der Waals surface area contributed by atoms with Gasteiger partial charge in [-0.3, -0.25) is 9.59 Å². The van der Waals surface area contributed by atoms with Crippen molar-refractivity contribution in [3.05, 3.63) is 65.2 Å². The third kappa shape index (κ3) is 6.85. The lowest BCUT2D eigenvalue weighted by atomic mass is 9.87. The van der Waals surface area contributed by atoms with Crippen LogP contribution in [0, 0.1) is 6.92 Å². The Bertz CT molecular complexity index is 956. The highest BCUT2D eigenvalue weighted by atomic mass is 16.5. The zero-order valence-corrected chi connectivity index (χ0v) is 21.4. The maximum absolute atomic E-state index is 13.4. The monoisotopic (exact) mass is 464 g/mol. The molecule has 1 aliphatic rings. The minimum Gasteiger partial charge on any atom is -0.484 e. The van der Waals surface area contributed by atoms with Gasteiger partial charge in [0.1, 0.15) is 11.8 Å². The summed E-state index contributed by atoms with van der Waals surface area (Å²) in [5.41, 5.74) is 3.41. The van der Waals surface area contributed by atoms with Crippen LogP contribution >= 0.6 is 0 Å². The zero-order chi connectivity index (χ0) is 24.7. The first kappa shape index (κ1) is 25.8. The van der Waals surface area contributed by atoms with Crippen molar-refractivity contribution in [3.63, 3.8) is 0 Å². The van der Waals surface area contributed by atoms with Crippen LogP contribution in [0.1, 0.15) is 76.5 Å². The van der Waals surface area contributed by atoms with Gasteiger partial charge in [-0.25, -0.2) is 0 Å². The minimum absolute atomic E-state index is 0.0553. The third-order valence-corrected chi connectivity index (χ3v) is 6.77. The average molecular weight is 465 g/mol. The minimum atomic E-state index is -0.528. The van der Waals surface area contributed by atoms with Gasteiger partial charge in [0.05, 0.1) is 0 Å². The van der Waals surface area contributed by atoms with Gasteiger partial charge in [0.2, 0.25) is 5.91 Å². The highest BCUT2D eigenvalue weighted by Crippen LogP contribution is 2.25. The van der Waals surface area contributed by atoms with Crippen LogP contribution in [0.3, 0.4) is 0 Å². The first-order chi connectivity index (χ1) is 16.2. The Labute approximate surface area is 204 Å².